The molecule has 0 aliphatic rings. The minimum absolute atomic E-state index is 0.136. The van der Waals surface area contributed by atoms with E-state index >= 15 is 0 Å². The van der Waals surface area contributed by atoms with Crippen LogP contribution in [0.3, 0.4) is 0 Å². The Morgan fingerprint density at radius 1 is 1.11 bits per heavy atom. The van der Waals surface area contributed by atoms with Gasteiger partial charge in [0.1, 0.15) is 5.69 Å². The number of hydrogen-bond donors (Lipinski definition) is 2. The average molecular weight is 375 g/mol. The van der Waals surface area contributed by atoms with Crippen LogP contribution in [-0.2, 0) is 16.1 Å². The summed E-state index contributed by atoms with van der Waals surface area (Å²) in [7, 11) is 0. The van der Waals surface area contributed by atoms with Crippen molar-refractivity contribution in [2.75, 3.05) is 10.6 Å². The van der Waals surface area contributed by atoms with E-state index in [1.54, 1.807) is 35.2 Å². The zero-order valence-corrected chi connectivity index (χ0v) is 15.7. The molecule has 0 radical (unpaired) electrons. The SMILES string of the molecule is CC(=O)Nc1ccc(NC(=O)/C=C/c2cn(Cc3ccccc3)nn2)cc1C. The summed E-state index contributed by atoms with van der Waals surface area (Å²) in [4.78, 5) is 23.3. The van der Waals surface area contributed by atoms with Gasteiger partial charge in [-0.15, -0.1) is 5.10 Å². The number of carbonyl (C=O) groups excluding carboxylic acids is 2. The Morgan fingerprint density at radius 3 is 2.61 bits per heavy atom. The predicted molar refractivity (Wildman–Crippen MR) is 109 cm³/mol. The number of carbonyl (C=O) groups is 2. The van der Waals surface area contributed by atoms with Gasteiger partial charge in [-0.3, -0.25) is 9.59 Å². The van der Waals surface area contributed by atoms with E-state index in [-0.39, 0.29) is 11.8 Å². The number of benzene rings is 2. The van der Waals surface area contributed by atoms with E-state index in [2.05, 4.69) is 20.9 Å². The van der Waals surface area contributed by atoms with Crippen LogP contribution >= 0.6 is 0 Å². The molecule has 2 N–H and O–H groups in total. The van der Waals surface area contributed by atoms with E-state index in [0.717, 1.165) is 16.8 Å². The number of aromatic nitrogens is 3. The van der Waals surface area contributed by atoms with Gasteiger partial charge in [0.05, 0.1) is 12.7 Å². The van der Waals surface area contributed by atoms with Crippen LogP contribution in [0.5, 0.6) is 0 Å². The molecule has 0 aliphatic carbocycles. The largest absolute Gasteiger partial charge is 0.326 e. The molecule has 1 aromatic heterocycles. The highest BCUT2D eigenvalue weighted by Crippen LogP contribution is 2.19. The molecule has 0 bridgehead atoms. The molecular formula is C21H21N5O2. The third-order valence-corrected chi connectivity index (χ3v) is 3.95. The molecule has 2 amide bonds. The Hall–Kier alpha value is -3.74. The maximum absolute atomic E-state index is 12.1. The molecule has 3 rings (SSSR count). The summed E-state index contributed by atoms with van der Waals surface area (Å²) in [5.74, 6) is -0.410. The van der Waals surface area contributed by atoms with Gasteiger partial charge in [-0.05, 0) is 42.3 Å². The van der Waals surface area contributed by atoms with E-state index in [4.69, 9.17) is 0 Å². The molecule has 0 spiro atoms. The van der Waals surface area contributed by atoms with Crippen LogP contribution in [0.15, 0.2) is 60.8 Å². The molecule has 2 aromatic carbocycles. The summed E-state index contributed by atoms with van der Waals surface area (Å²) in [5, 5.41) is 13.6. The topological polar surface area (TPSA) is 88.9 Å². The molecule has 142 valence electrons. The number of nitrogens with one attached hydrogen (secondary N) is 2. The molecular weight excluding hydrogens is 354 g/mol. The second kappa shape index (κ2) is 8.77. The van der Waals surface area contributed by atoms with Crippen molar-refractivity contribution in [3.05, 3.63) is 77.6 Å². The maximum Gasteiger partial charge on any atom is 0.248 e. The van der Waals surface area contributed by atoms with Gasteiger partial charge in [0.15, 0.2) is 0 Å². The normalized spacial score (nSPS) is 10.8. The Balaban J connectivity index is 1.58. The van der Waals surface area contributed by atoms with E-state index in [1.807, 2.05) is 37.3 Å². The third kappa shape index (κ3) is 5.38. The summed E-state index contributed by atoms with van der Waals surface area (Å²) >= 11 is 0. The summed E-state index contributed by atoms with van der Waals surface area (Å²) in [5.41, 5.74) is 3.95. The van der Waals surface area contributed by atoms with Gasteiger partial charge in [-0.25, -0.2) is 4.68 Å². The lowest BCUT2D eigenvalue weighted by Crippen LogP contribution is -2.10. The second-order valence-electron chi connectivity index (χ2n) is 6.36. The molecule has 0 unspecified atom stereocenters. The number of aryl methyl sites for hydroxylation is 1. The highest BCUT2D eigenvalue weighted by molar-refractivity contribution is 6.02. The molecule has 28 heavy (non-hydrogen) atoms. The quantitative estimate of drug-likeness (QED) is 0.647. The van der Waals surface area contributed by atoms with Crippen LogP contribution in [0.1, 0.15) is 23.7 Å². The van der Waals surface area contributed by atoms with E-state index in [0.29, 0.717) is 17.9 Å². The Labute approximate surface area is 163 Å². The summed E-state index contributed by atoms with van der Waals surface area (Å²) in [6.07, 6.45) is 4.81. The molecule has 0 atom stereocenters. The first-order valence-electron chi connectivity index (χ1n) is 8.81. The molecule has 0 aliphatic heterocycles. The minimum atomic E-state index is -0.274. The van der Waals surface area contributed by atoms with Gasteiger partial charge in [0.2, 0.25) is 11.8 Å². The fraction of sp³-hybridized carbons (Fsp3) is 0.143. The van der Waals surface area contributed by atoms with Crippen LogP contribution in [0.2, 0.25) is 0 Å². The zero-order valence-electron chi connectivity index (χ0n) is 15.7. The Kier molecular flexibility index (Phi) is 5.96. The lowest BCUT2D eigenvalue weighted by molar-refractivity contribution is -0.114. The fourth-order valence-corrected chi connectivity index (χ4v) is 2.65. The fourth-order valence-electron chi connectivity index (χ4n) is 2.65. The number of anilines is 2. The first-order chi connectivity index (χ1) is 13.5. The molecule has 0 saturated heterocycles. The van der Waals surface area contributed by atoms with E-state index in [1.165, 1.54) is 13.0 Å². The standard InChI is InChI=1S/C21H21N5O2/c1-15-12-18(8-10-20(15)22-16(2)27)23-21(28)11-9-19-14-26(25-24-19)13-17-6-4-3-5-7-17/h3-12,14H,13H2,1-2H3,(H,22,27)(H,23,28)/b11-9+. The number of nitrogens with zero attached hydrogens (tertiary/aromatic N) is 3. The summed E-state index contributed by atoms with van der Waals surface area (Å²) in [6.45, 7) is 3.94. The van der Waals surface area contributed by atoms with Gasteiger partial charge in [0.25, 0.3) is 0 Å². The van der Waals surface area contributed by atoms with Crippen molar-refractivity contribution in [1.82, 2.24) is 15.0 Å². The smallest absolute Gasteiger partial charge is 0.248 e. The molecule has 1 heterocycles. The van der Waals surface area contributed by atoms with Crippen LogP contribution in [0.25, 0.3) is 6.08 Å². The second-order valence-corrected chi connectivity index (χ2v) is 6.36. The highest BCUT2D eigenvalue weighted by Gasteiger charge is 2.04. The first kappa shape index (κ1) is 19.0. The van der Waals surface area contributed by atoms with Gasteiger partial charge in [0, 0.05) is 24.4 Å². The van der Waals surface area contributed by atoms with Gasteiger partial charge in [-0.1, -0.05) is 35.5 Å². The molecule has 0 saturated carbocycles. The lowest BCUT2D eigenvalue weighted by Gasteiger charge is -2.09. The van der Waals surface area contributed by atoms with Crippen molar-refractivity contribution < 1.29 is 9.59 Å². The maximum atomic E-state index is 12.1. The predicted octanol–water partition coefficient (Wildman–Crippen LogP) is 3.25. The summed E-state index contributed by atoms with van der Waals surface area (Å²) in [6, 6.07) is 15.2. The number of amides is 2. The number of hydrogen-bond acceptors (Lipinski definition) is 4. The summed E-state index contributed by atoms with van der Waals surface area (Å²) < 4.78 is 1.72. The van der Waals surface area contributed by atoms with Crippen molar-refractivity contribution in [1.29, 1.82) is 0 Å². The van der Waals surface area contributed by atoms with Crippen molar-refractivity contribution in [3.63, 3.8) is 0 Å². The zero-order chi connectivity index (χ0) is 19.9. The van der Waals surface area contributed by atoms with Crippen LogP contribution < -0.4 is 10.6 Å². The average Bonchev–Trinajstić information content (AvgIpc) is 3.10. The van der Waals surface area contributed by atoms with Gasteiger partial charge < -0.3 is 10.6 Å². The molecule has 3 aromatic rings. The monoisotopic (exact) mass is 375 g/mol. The molecule has 7 nitrogen and oxygen atoms in total. The lowest BCUT2D eigenvalue weighted by atomic mass is 10.1. The number of rotatable bonds is 6. The highest BCUT2D eigenvalue weighted by atomic mass is 16.2. The van der Waals surface area contributed by atoms with Crippen molar-refractivity contribution in [2.45, 2.75) is 20.4 Å². The molecule has 0 fully saturated rings. The van der Waals surface area contributed by atoms with Crippen LogP contribution in [-0.4, -0.2) is 26.8 Å². The van der Waals surface area contributed by atoms with E-state index < -0.39 is 0 Å². The molecule has 7 heteroatoms. The van der Waals surface area contributed by atoms with Gasteiger partial charge >= 0.3 is 0 Å². The van der Waals surface area contributed by atoms with Gasteiger partial charge in [-0.2, -0.15) is 0 Å². The van der Waals surface area contributed by atoms with E-state index in [9.17, 15) is 9.59 Å². The van der Waals surface area contributed by atoms with Crippen LogP contribution in [0.4, 0.5) is 11.4 Å². The minimum Gasteiger partial charge on any atom is -0.326 e. The van der Waals surface area contributed by atoms with Crippen molar-refractivity contribution in [3.8, 4) is 0 Å². The first-order valence-corrected chi connectivity index (χ1v) is 8.81. The van der Waals surface area contributed by atoms with Crippen LogP contribution in [0, 0.1) is 6.92 Å². The van der Waals surface area contributed by atoms with Crippen molar-refractivity contribution in [2.24, 2.45) is 0 Å². The Bertz CT molecular complexity index is 1010. The Morgan fingerprint density at radius 2 is 1.89 bits per heavy atom. The third-order valence-electron chi connectivity index (χ3n) is 3.95. The van der Waals surface area contributed by atoms with Crippen molar-refractivity contribution >= 4 is 29.3 Å².